The summed E-state index contributed by atoms with van der Waals surface area (Å²) < 4.78 is 37.7. The summed E-state index contributed by atoms with van der Waals surface area (Å²) in [7, 11) is 0. The van der Waals surface area contributed by atoms with Crippen molar-refractivity contribution in [2.75, 3.05) is 6.54 Å². The topological polar surface area (TPSA) is 12.0 Å². The van der Waals surface area contributed by atoms with Gasteiger partial charge in [-0.05, 0) is 48.4 Å². The SMILES string of the molecule is CCCNC1CC(c2ccc(C(F)(F)F)cc2)C1(C)C. The molecule has 0 aliphatic heterocycles. The van der Waals surface area contributed by atoms with E-state index in [2.05, 4.69) is 26.1 Å². The van der Waals surface area contributed by atoms with E-state index >= 15 is 0 Å². The summed E-state index contributed by atoms with van der Waals surface area (Å²) >= 11 is 0. The van der Waals surface area contributed by atoms with Crippen LogP contribution in [0.1, 0.15) is 50.7 Å². The minimum atomic E-state index is -4.25. The van der Waals surface area contributed by atoms with E-state index in [1.807, 2.05) is 0 Å². The Morgan fingerprint density at radius 2 is 1.80 bits per heavy atom. The summed E-state index contributed by atoms with van der Waals surface area (Å²) in [4.78, 5) is 0. The fraction of sp³-hybridized carbons (Fsp3) is 0.625. The fourth-order valence-electron chi connectivity index (χ4n) is 3.06. The zero-order valence-corrected chi connectivity index (χ0v) is 12.2. The predicted octanol–water partition coefficient (Wildman–Crippen LogP) is 4.59. The average Bonchev–Trinajstić information content (AvgIpc) is 2.37. The van der Waals surface area contributed by atoms with Crippen LogP contribution in [-0.2, 0) is 6.18 Å². The van der Waals surface area contributed by atoms with E-state index in [1.54, 1.807) is 12.1 Å². The standard InChI is InChI=1S/C16H22F3N/c1-4-9-20-14-10-13(15(14,2)3)11-5-7-12(8-6-11)16(17,18)19/h5-8,13-14,20H,4,9-10H2,1-3H3. The molecule has 0 heterocycles. The summed E-state index contributed by atoms with van der Waals surface area (Å²) in [6.07, 6.45) is -2.16. The number of benzene rings is 1. The number of halogens is 3. The van der Waals surface area contributed by atoms with E-state index in [0.29, 0.717) is 12.0 Å². The van der Waals surface area contributed by atoms with Gasteiger partial charge in [0.1, 0.15) is 0 Å². The molecule has 0 aromatic heterocycles. The minimum Gasteiger partial charge on any atom is -0.313 e. The van der Waals surface area contributed by atoms with Crippen LogP contribution in [0.5, 0.6) is 0 Å². The summed E-state index contributed by atoms with van der Waals surface area (Å²) in [6.45, 7) is 7.50. The number of rotatable bonds is 4. The summed E-state index contributed by atoms with van der Waals surface area (Å²) in [5.74, 6) is 0.333. The van der Waals surface area contributed by atoms with Gasteiger partial charge in [0, 0.05) is 6.04 Å². The lowest BCUT2D eigenvalue weighted by molar-refractivity contribution is -0.137. The maximum atomic E-state index is 12.6. The number of hydrogen-bond donors (Lipinski definition) is 1. The second-order valence-electron chi connectivity index (χ2n) is 6.24. The molecule has 1 aromatic rings. The lowest BCUT2D eigenvalue weighted by atomic mass is 9.56. The molecule has 0 spiro atoms. The van der Waals surface area contributed by atoms with Crippen LogP contribution in [0.25, 0.3) is 0 Å². The van der Waals surface area contributed by atoms with Crippen molar-refractivity contribution in [3.63, 3.8) is 0 Å². The highest BCUT2D eigenvalue weighted by atomic mass is 19.4. The Balaban J connectivity index is 2.07. The zero-order valence-electron chi connectivity index (χ0n) is 12.2. The molecule has 0 amide bonds. The van der Waals surface area contributed by atoms with E-state index in [1.165, 1.54) is 12.1 Å². The Morgan fingerprint density at radius 1 is 1.20 bits per heavy atom. The van der Waals surface area contributed by atoms with Crippen LogP contribution in [0.2, 0.25) is 0 Å². The normalized spacial score (nSPS) is 25.3. The molecule has 1 aliphatic carbocycles. The van der Waals surface area contributed by atoms with Gasteiger partial charge in [-0.25, -0.2) is 0 Å². The second kappa shape index (κ2) is 5.40. The van der Waals surface area contributed by atoms with Crippen molar-refractivity contribution in [3.8, 4) is 0 Å². The van der Waals surface area contributed by atoms with Crippen LogP contribution in [0, 0.1) is 5.41 Å². The Kier molecular flexibility index (Phi) is 4.14. The molecule has 1 N–H and O–H groups in total. The first-order chi connectivity index (χ1) is 9.26. The third kappa shape index (κ3) is 2.85. The lowest BCUT2D eigenvalue weighted by Crippen LogP contribution is -2.55. The van der Waals surface area contributed by atoms with Gasteiger partial charge in [-0.1, -0.05) is 32.9 Å². The van der Waals surface area contributed by atoms with Crippen LogP contribution in [-0.4, -0.2) is 12.6 Å². The van der Waals surface area contributed by atoms with E-state index < -0.39 is 11.7 Å². The minimum absolute atomic E-state index is 0.0922. The summed E-state index contributed by atoms with van der Waals surface area (Å²) in [6, 6.07) is 6.10. The molecule has 2 rings (SSSR count). The van der Waals surface area contributed by atoms with E-state index in [-0.39, 0.29) is 5.41 Å². The van der Waals surface area contributed by atoms with Gasteiger partial charge in [0.05, 0.1) is 5.56 Å². The van der Waals surface area contributed by atoms with Crippen molar-refractivity contribution < 1.29 is 13.2 Å². The number of alkyl halides is 3. The smallest absolute Gasteiger partial charge is 0.313 e. The third-order valence-electron chi connectivity index (χ3n) is 4.55. The Labute approximate surface area is 118 Å². The second-order valence-corrected chi connectivity index (χ2v) is 6.24. The highest BCUT2D eigenvalue weighted by Crippen LogP contribution is 2.52. The van der Waals surface area contributed by atoms with E-state index in [0.717, 1.165) is 24.9 Å². The van der Waals surface area contributed by atoms with Gasteiger partial charge < -0.3 is 5.32 Å². The summed E-state index contributed by atoms with van der Waals surface area (Å²) in [5, 5.41) is 3.51. The van der Waals surface area contributed by atoms with Crippen LogP contribution >= 0.6 is 0 Å². The molecule has 4 heteroatoms. The van der Waals surface area contributed by atoms with Gasteiger partial charge in [0.25, 0.3) is 0 Å². The molecule has 0 radical (unpaired) electrons. The van der Waals surface area contributed by atoms with Crippen LogP contribution in [0.4, 0.5) is 13.2 Å². The zero-order chi connectivity index (χ0) is 15.0. The molecule has 1 aromatic carbocycles. The maximum Gasteiger partial charge on any atom is 0.416 e. The van der Waals surface area contributed by atoms with Crippen molar-refractivity contribution in [1.29, 1.82) is 0 Å². The van der Waals surface area contributed by atoms with Crippen LogP contribution < -0.4 is 5.32 Å². The molecule has 1 saturated carbocycles. The Hall–Kier alpha value is -1.03. The predicted molar refractivity (Wildman–Crippen MR) is 74.7 cm³/mol. The lowest BCUT2D eigenvalue weighted by Gasteiger charge is -2.53. The molecule has 112 valence electrons. The van der Waals surface area contributed by atoms with Gasteiger partial charge in [-0.3, -0.25) is 0 Å². The first kappa shape index (κ1) is 15.4. The van der Waals surface area contributed by atoms with Gasteiger partial charge in [0.15, 0.2) is 0 Å². The molecule has 1 fully saturated rings. The summed E-state index contributed by atoms with van der Waals surface area (Å²) in [5.41, 5.74) is 0.533. The van der Waals surface area contributed by atoms with Crippen molar-refractivity contribution >= 4 is 0 Å². The van der Waals surface area contributed by atoms with Gasteiger partial charge >= 0.3 is 6.18 Å². The Morgan fingerprint density at radius 3 is 2.25 bits per heavy atom. The fourth-order valence-corrected chi connectivity index (χ4v) is 3.06. The monoisotopic (exact) mass is 285 g/mol. The van der Waals surface area contributed by atoms with Crippen molar-refractivity contribution in [1.82, 2.24) is 5.32 Å². The van der Waals surface area contributed by atoms with Gasteiger partial charge in [-0.15, -0.1) is 0 Å². The molecular formula is C16H22F3N. The first-order valence-corrected chi connectivity index (χ1v) is 7.17. The number of nitrogens with one attached hydrogen (secondary N) is 1. The maximum absolute atomic E-state index is 12.6. The highest BCUT2D eigenvalue weighted by molar-refractivity contribution is 5.31. The van der Waals surface area contributed by atoms with E-state index in [4.69, 9.17) is 0 Å². The molecule has 1 aliphatic rings. The van der Waals surface area contributed by atoms with E-state index in [9.17, 15) is 13.2 Å². The molecule has 2 atom stereocenters. The Bertz CT molecular complexity index is 448. The van der Waals surface area contributed by atoms with Crippen LogP contribution in [0.15, 0.2) is 24.3 Å². The van der Waals surface area contributed by atoms with Gasteiger partial charge in [-0.2, -0.15) is 13.2 Å². The molecular weight excluding hydrogens is 263 g/mol. The molecule has 20 heavy (non-hydrogen) atoms. The molecule has 2 unspecified atom stereocenters. The van der Waals surface area contributed by atoms with Crippen molar-refractivity contribution in [2.45, 2.75) is 51.7 Å². The van der Waals surface area contributed by atoms with Gasteiger partial charge in [0.2, 0.25) is 0 Å². The average molecular weight is 285 g/mol. The first-order valence-electron chi connectivity index (χ1n) is 7.17. The van der Waals surface area contributed by atoms with Crippen molar-refractivity contribution in [2.24, 2.45) is 5.41 Å². The largest absolute Gasteiger partial charge is 0.416 e. The number of hydrogen-bond acceptors (Lipinski definition) is 1. The molecule has 0 bridgehead atoms. The van der Waals surface area contributed by atoms with Crippen LogP contribution in [0.3, 0.4) is 0 Å². The molecule has 0 saturated heterocycles. The molecule has 1 nitrogen and oxygen atoms in total. The third-order valence-corrected chi connectivity index (χ3v) is 4.55. The van der Waals surface area contributed by atoms with Crippen molar-refractivity contribution in [3.05, 3.63) is 35.4 Å². The highest BCUT2D eigenvalue weighted by Gasteiger charge is 2.48. The quantitative estimate of drug-likeness (QED) is 0.853.